The van der Waals surface area contributed by atoms with Gasteiger partial charge in [-0.05, 0) is 48.7 Å². The Balaban J connectivity index is 1.75. The molecule has 2 aromatic heterocycles. The zero-order valence-electron chi connectivity index (χ0n) is 14.9. The van der Waals surface area contributed by atoms with Gasteiger partial charge in [0.25, 0.3) is 10.0 Å². The topological polar surface area (TPSA) is 71.1 Å². The number of hydrogen-bond acceptors (Lipinski definition) is 5. The Bertz CT molecular complexity index is 994. The Hall–Kier alpha value is -2.38. The summed E-state index contributed by atoms with van der Waals surface area (Å²) in [7, 11) is -3.60. The molecule has 0 saturated heterocycles. The lowest BCUT2D eigenvalue weighted by atomic mass is 10.0. The highest BCUT2D eigenvalue weighted by Gasteiger charge is 2.16. The van der Waals surface area contributed by atoms with E-state index in [9.17, 15) is 8.42 Å². The van der Waals surface area contributed by atoms with Gasteiger partial charge in [0.1, 0.15) is 10.0 Å². The van der Waals surface area contributed by atoms with Crippen LogP contribution < -0.4 is 10.0 Å². The molecule has 3 aromatic rings. The summed E-state index contributed by atoms with van der Waals surface area (Å²) in [6, 6.07) is 14.9. The number of nitrogens with zero attached hydrogens (tertiary/aromatic N) is 1. The van der Waals surface area contributed by atoms with E-state index in [2.05, 4.69) is 34.9 Å². The van der Waals surface area contributed by atoms with Crippen molar-refractivity contribution in [2.45, 2.75) is 30.9 Å². The van der Waals surface area contributed by atoms with Crippen LogP contribution in [0.2, 0.25) is 0 Å². The number of aryl methyl sites for hydroxylation is 1. The molecule has 0 atom stereocenters. The highest BCUT2D eigenvalue weighted by molar-refractivity contribution is 7.94. The fraction of sp³-hybridized carbons (Fsp3) is 0.211. The first-order valence-corrected chi connectivity index (χ1v) is 10.6. The first kappa shape index (κ1) is 18.4. The normalized spacial score (nSPS) is 11.5. The molecule has 0 aliphatic heterocycles. The van der Waals surface area contributed by atoms with Crippen LogP contribution in [0.3, 0.4) is 0 Å². The molecule has 7 heteroatoms. The zero-order valence-corrected chi connectivity index (χ0v) is 16.5. The van der Waals surface area contributed by atoms with Gasteiger partial charge in [-0.25, -0.2) is 13.4 Å². The summed E-state index contributed by atoms with van der Waals surface area (Å²) in [4.78, 5) is 5.16. The maximum absolute atomic E-state index is 12.4. The quantitative estimate of drug-likeness (QED) is 0.616. The molecule has 0 aliphatic carbocycles. The smallest absolute Gasteiger partial charge is 0.272 e. The summed E-state index contributed by atoms with van der Waals surface area (Å²) in [5, 5.41) is 3.34. The lowest BCUT2D eigenvalue weighted by Crippen LogP contribution is -2.12. The van der Waals surface area contributed by atoms with Crippen LogP contribution in [0.1, 0.15) is 30.2 Å². The first-order chi connectivity index (χ1) is 12.3. The van der Waals surface area contributed by atoms with E-state index in [0.29, 0.717) is 11.7 Å². The van der Waals surface area contributed by atoms with Gasteiger partial charge in [0.15, 0.2) is 0 Å². The molecule has 1 aromatic carbocycles. The van der Waals surface area contributed by atoms with E-state index in [1.165, 1.54) is 16.9 Å². The monoisotopic (exact) mass is 387 g/mol. The van der Waals surface area contributed by atoms with Gasteiger partial charge >= 0.3 is 0 Å². The highest BCUT2D eigenvalue weighted by atomic mass is 32.2. The van der Waals surface area contributed by atoms with Crippen molar-refractivity contribution in [1.82, 2.24) is 4.98 Å². The molecular weight excluding hydrogens is 366 g/mol. The van der Waals surface area contributed by atoms with Crippen molar-refractivity contribution in [3.05, 3.63) is 65.2 Å². The minimum Gasteiger partial charge on any atom is -0.354 e. The maximum Gasteiger partial charge on any atom is 0.272 e. The number of para-hydroxylation sites is 1. The number of thiophene rings is 1. The highest BCUT2D eigenvalue weighted by Crippen LogP contribution is 2.27. The lowest BCUT2D eigenvalue weighted by Gasteiger charge is -2.14. The Labute approximate surface area is 158 Å². The van der Waals surface area contributed by atoms with Gasteiger partial charge in [-0.1, -0.05) is 32.0 Å². The molecule has 0 aliphatic rings. The summed E-state index contributed by atoms with van der Waals surface area (Å²) < 4.78 is 27.5. The fourth-order valence-electron chi connectivity index (χ4n) is 2.54. The second-order valence-electron chi connectivity index (χ2n) is 6.27. The Morgan fingerprint density at radius 3 is 2.42 bits per heavy atom. The minimum absolute atomic E-state index is 0.282. The van der Waals surface area contributed by atoms with Gasteiger partial charge in [-0.15, -0.1) is 11.3 Å². The van der Waals surface area contributed by atoms with E-state index >= 15 is 0 Å². The third-order valence-corrected chi connectivity index (χ3v) is 6.69. The summed E-state index contributed by atoms with van der Waals surface area (Å²) in [5.41, 5.74) is 3.03. The number of pyridine rings is 1. The van der Waals surface area contributed by atoms with Gasteiger partial charge < -0.3 is 5.32 Å². The van der Waals surface area contributed by atoms with E-state index in [1.807, 2.05) is 31.2 Å². The van der Waals surface area contributed by atoms with Crippen molar-refractivity contribution in [3.63, 3.8) is 0 Å². The first-order valence-electron chi connectivity index (χ1n) is 8.26. The molecule has 0 bridgehead atoms. The molecule has 136 valence electrons. The average molecular weight is 388 g/mol. The van der Waals surface area contributed by atoms with Gasteiger partial charge in [-0.3, -0.25) is 4.72 Å². The standard InChI is InChI=1S/C19H21N3O2S2/c1-13(2)16-6-4-5-7-17(16)21-15-9-10-18(20-12-15)22-26(23,24)19-11-8-14(3)25-19/h4-13,21H,1-3H3,(H,20,22). The van der Waals surface area contributed by atoms with Gasteiger partial charge in [0, 0.05) is 10.6 Å². The van der Waals surface area contributed by atoms with Crippen LogP contribution in [0.15, 0.2) is 58.9 Å². The van der Waals surface area contributed by atoms with E-state index in [4.69, 9.17) is 0 Å². The lowest BCUT2D eigenvalue weighted by molar-refractivity contribution is 0.603. The largest absolute Gasteiger partial charge is 0.354 e. The Morgan fingerprint density at radius 2 is 1.81 bits per heavy atom. The van der Waals surface area contributed by atoms with Gasteiger partial charge in [-0.2, -0.15) is 0 Å². The van der Waals surface area contributed by atoms with Crippen molar-refractivity contribution in [1.29, 1.82) is 0 Å². The van der Waals surface area contributed by atoms with Crippen LogP contribution in [0.5, 0.6) is 0 Å². The number of benzene rings is 1. The van der Waals surface area contributed by atoms with Gasteiger partial charge in [0.05, 0.1) is 11.9 Å². The second kappa shape index (κ2) is 7.47. The molecule has 2 N–H and O–H groups in total. The van der Waals surface area contributed by atoms with Crippen LogP contribution in [-0.4, -0.2) is 13.4 Å². The number of rotatable bonds is 6. The molecule has 26 heavy (non-hydrogen) atoms. The molecule has 5 nitrogen and oxygen atoms in total. The molecule has 0 unspecified atom stereocenters. The molecular formula is C19H21N3O2S2. The van der Waals surface area contributed by atoms with E-state index in [0.717, 1.165) is 16.3 Å². The summed E-state index contributed by atoms with van der Waals surface area (Å²) in [5.74, 6) is 0.686. The zero-order chi connectivity index (χ0) is 18.7. The number of nitrogens with one attached hydrogen (secondary N) is 2. The number of aromatic nitrogens is 1. The Morgan fingerprint density at radius 1 is 1.04 bits per heavy atom. The van der Waals surface area contributed by atoms with E-state index in [1.54, 1.807) is 24.4 Å². The average Bonchev–Trinajstić information content (AvgIpc) is 3.04. The predicted molar refractivity (Wildman–Crippen MR) is 108 cm³/mol. The van der Waals surface area contributed by atoms with Crippen molar-refractivity contribution >= 4 is 38.6 Å². The number of hydrogen-bond donors (Lipinski definition) is 2. The molecule has 0 amide bonds. The minimum atomic E-state index is -3.60. The van der Waals surface area contributed by atoms with Crippen molar-refractivity contribution in [2.75, 3.05) is 10.0 Å². The van der Waals surface area contributed by atoms with Crippen LogP contribution in [0.25, 0.3) is 0 Å². The van der Waals surface area contributed by atoms with E-state index < -0.39 is 10.0 Å². The molecule has 0 spiro atoms. The SMILES string of the molecule is Cc1ccc(S(=O)(=O)Nc2ccc(Nc3ccccc3C(C)C)cn2)s1. The van der Waals surface area contributed by atoms with Gasteiger partial charge in [0.2, 0.25) is 0 Å². The summed E-state index contributed by atoms with van der Waals surface area (Å²) in [6.07, 6.45) is 1.62. The van der Waals surface area contributed by atoms with Crippen molar-refractivity contribution in [3.8, 4) is 0 Å². The van der Waals surface area contributed by atoms with Crippen molar-refractivity contribution in [2.24, 2.45) is 0 Å². The maximum atomic E-state index is 12.4. The number of anilines is 3. The van der Waals surface area contributed by atoms with E-state index in [-0.39, 0.29) is 4.21 Å². The third kappa shape index (κ3) is 4.23. The number of sulfonamides is 1. The molecule has 0 fully saturated rings. The summed E-state index contributed by atoms with van der Waals surface area (Å²) in [6.45, 7) is 6.16. The van der Waals surface area contributed by atoms with Crippen LogP contribution >= 0.6 is 11.3 Å². The van der Waals surface area contributed by atoms with Crippen molar-refractivity contribution < 1.29 is 8.42 Å². The molecule has 3 rings (SSSR count). The van der Waals surface area contributed by atoms with Crippen LogP contribution in [0.4, 0.5) is 17.2 Å². The third-order valence-electron chi connectivity index (χ3n) is 3.84. The molecule has 0 saturated carbocycles. The molecule has 2 heterocycles. The molecule has 0 radical (unpaired) electrons. The Kier molecular flexibility index (Phi) is 5.29. The van der Waals surface area contributed by atoms with Crippen LogP contribution in [-0.2, 0) is 10.0 Å². The second-order valence-corrected chi connectivity index (χ2v) is 9.47. The van der Waals surface area contributed by atoms with Crippen LogP contribution in [0, 0.1) is 6.92 Å². The fourth-order valence-corrected chi connectivity index (χ4v) is 4.83. The predicted octanol–water partition coefficient (Wildman–Crippen LogP) is 5.12. The summed E-state index contributed by atoms with van der Waals surface area (Å²) >= 11 is 1.23.